The SMILES string of the molecule is Nc1nc2c(ncn2C2CC(O)C(COP(O)(=S)OC3CC(n4cnc5c(=O)[nH]c(N)nc54)OC3COP(O)(=S)OC3CC(n4cnc5c(=O)[nH]c(N)nc54)OC3COP(=O)(O)O)O2)c(=O)[nH]1. The number of ether oxygens (including phenoxy) is 3. The molecule has 11 unspecified atom stereocenters. The molecule has 3 aliphatic rings. The zero-order valence-electron chi connectivity index (χ0n) is 33.7. The van der Waals surface area contributed by atoms with Gasteiger partial charge in [0.15, 0.2) is 33.5 Å². The van der Waals surface area contributed by atoms with Gasteiger partial charge in [-0.05, 0) is 23.6 Å². The number of hydrogen-bond donors (Lipinski definition) is 11. The molecule has 3 fully saturated rings. The maximum absolute atomic E-state index is 12.6. The predicted octanol–water partition coefficient (Wildman–Crippen LogP) is -2.30. The van der Waals surface area contributed by atoms with Crippen molar-refractivity contribution < 1.29 is 66.1 Å². The number of nitrogen functional groups attached to an aromatic ring is 3. The van der Waals surface area contributed by atoms with Gasteiger partial charge < -0.3 is 74.2 Å². The van der Waals surface area contributed by atoms with Crippen molar-refractivity contribution in [2.45, 2.75) is 74.6 Å². The third kappa shape index (κ3) is 10.1. The summed E-state index contributed by atoms with van der Waals surface area (Å²) in [6.07, 6.45) is -6.83. The summed E-state index contributed by atoms with van der Waals surface area (Å²) in [6, 6.07) is 0. The van der Waals surface area contributed by atoms with Crippen LogP contribution in [0.15, 0.2) is 33.4 Å². The van der Waals surface area contributed by atoms with Crippen molar-refractivity contribution in [1.29, 1.82) is 0 Å². The fourth-order valence-corrected chi connectivity index (χ4v) is 11.0. The molecule has 9 heterocycles. The maximum Gasteiger partial charge on any atom is 0.469 e. The summed E-state index contributed by atoms with van der Waals surface area (Å²) in [5.41, 5.74) is 15.3. The first-order valence-corrected chi connectivity index (χ1v) is 26.1. The van der Waals surface area contributed by atoms with Crippen LogP contribution in [0.3, 0.4) is 0 Å². The first-order valence-electron chi connectivity index (χ1n) is 19.4. The van der Waals surface area contributed by atoms with E-state index < -0.39 is 113 Å². The van der Waals surface area contributed by atoms with Gasteiger partial charge in [-0.1, -0.05) is 0 Å². The molecule has 0 aliphatic carbocycles. The number of rotatable bonds is 16. The lowest BCUT2D eigenvalue weighted by Gasteiger charge is -2.27. The number of aromatic amines is 3. The number of phosphoric ester groups is 1. The van der Waals surface area contributed by atoms with E-state index in [0.717, 1.165) is 0 Å². The van der Waals surface area contributed by atoms with Crippen LogP contribution in [0.4, 0.5) is 17.8 Å². The number of fused-ring (bicyclic) bond motifs is 3. The Morgan fingerprint density at radius 3 is 1.34 bits per heavy atom. The molecule has 6 aromatic rings. The Bertz CT molecular complexity index is 3200. The van der Waals surface area contributed by atoms with Crippen LogP contribution < -0.4 is 33.9 Å². The summed E-state index contributed by atoms with van der Waals surface area (Å²) in [5.74, 6) is -0.626. The second-order valence-corrected chi connectivity index (χ2v) is 21.9. The molecule has 0 amide bonds. The van der Waals surface area contributed by atoms with Gasteiger partial charge in [-0.25, -0.2) is 19.5 Å². The number of nitrogens with two attached hydrogens (primary N) is 3. The summed E-state index contributed by atoms with van der Waals surface area (Å²) in [4.78, 5) is 111. The van der Waals surface area contributed by atoms with Gasteiger partial charge in [0.2, 0.25) is 17.8 Å². The molecule has 362 valence electrons. The number of anilines is 3. The smallest absolute Gasteiger partial charge is 0.390 e. The van der Waals surface area contributed by atoms with Gasteiger partial charge in [0.05, 0.1) is 57.1 Å². The lowest BCUT2D eigenvalue weighted by atomic mass is 10.2. The molecule has 32 nitrogen and oxygen atoms in total. The molecule has 3 saturated heterocycles. The Morgan fingerprint density at radius 2 is 0.955 bits per heavy atom. The first kappa shape index (κ1) is 47.5. The second kappa shape index (κ2) is 18.1. The highest BCUT2D eigenvalue weighted by Crippen LogP contribution is 2.53. The van der Waals surface area contributed by atoms with Crippen molar-refractivity contribution in [3.63, 3.8) is 0 Å². The van der Waals surface area contributed by atoms with E-state index in [0.29, 0.717) is 0 Å². The van der Waals surface area contributed by atoms with E-state index in [2.05, 4.69) is 49.4 Å². The van der Waals surface area contributed by atoms with Crippen molar-refractivity contribution in [2.75, 3.05) is 37.0 Å². The van der Waals surface area contributed by atoms with Crippen LogP contribution in [0, 0.1) is 0 Å². The molecular weight excluding hydrogens is 999 g/mol. The molecule has 11 atom stereocenters. The number of nitrogens with zero attached hydrogens (tertiary/aromatic N) is 9. The van der Waals surface area contributed by atoms with Gasteiger partial charge in [-0.15, -0.1) is 0 Å². The molecule has 0 bridgehead atoms. The van der Waals surface area contributed by atoms with Crippen molar-refractivity contribution in [1.82, 2.24) is 58.6 Å². The quantitative estimate of drug-likeness (QED) is 0.0454. The minimum atomic E-state index is -5.05. The minimum Gasteiger partial charge on any atom is -0.390 e. The minimum absolute atomic E-state index is 0.00335. The molecule has 67 heavy (non-hydrogen) atoms. The van der Waals surface area contributed by atoms with E-state index in [-0.39, 0.29) is 70.6 Å². The Hall–Kier alpha value is -4.54. The third-order valence-electron chi connectivity index (χ3n) is 10.6. The molecular formula is C30H38N15O17P3S2. The Labute approximate surface area is 381 Å². The predicted molar refractivity (Wildman–Crippen MR) is 232 cm³/mol. The average Bonchev–Trinajstić information content (AvgIpc) is 4.09. The van der Waals surface area contributed by atoms with Crippen LogP contribution in [0.2, 0.25) is 0 Å². The zero-order valence-corrected chi connectivity index (χ0v) is 38.0. The topological polar surface area (TPSA) is 461 Å². The molecule has 3 aliphatic heterocycles. The van der Waals surface area contributed by atoms with Crippen molar-refractivity contribution in [3.05, 3.63) is 50.0 Å². The second-order valence-electron chi connectivity index (χ2n) is 15.1. The number of aliphatic hydroxyl groups is 1. The number of phosphoric acid groups is 1. The van der Waals surface area contributed by atoms with E-state index in [4.69, 9.17) is 73.1 Å². The van der Waals surface area contributed by atoms with Crippen molar-refractivity contribution >= 4 is 96.2 Å². The van der Waals surface area contributed by atoms with Crippen LogP contribution in [0.1, 0.15) is 37.9 Å². The van der Waals surface area contributed by atoms with Gasteiger partial charge >= 0.3 is 21.3 Å². The Morgan fingerprint density at radius 1 is 0.612 bits per heavy atom. The molecule has 0 saturated carbocycles. The fraction of sp³-hybridized carbons (Fsp3) is 0.500. The van der Waals surface area contributed by atoms with E-state index in [1.54, 1.807) is 0 Å². The first-order chi connectivity index (χ1) is 31.6. The van der Waals surface area contributed by atoms with Crippen LogP contribution in [-0.2, 0) is 65.0 Å². The highest BCUT2D eigenvalue weighted by atomic mass is 32.5. The maximum atomic E-state index is 12.6. The van der Waals surface area contributed by atoms with Gasteiger partial charge in [0, 0.05) is 19.3 Å². The summed E-state index contributed by atoms with van der Waals surface area (Å²) in [7, 11) is -5.05. The number of hydrogen-bond acceptors (Lipinski definition) is 24. The largest absolute Gasteiger partial charge is 0.469 e. The monoisotopic (exact) mass is 1040 g/mol. The zero-order chi connectivity index (χ0) is 47.7. The highest BCUT2D eigenvalue weighted by Gasteiger charge is 2.45. The Balaban J connectivity index is 0.907. The van der Waals surface area contributed by atoms with E-state index in [1.165, 1.54) is 32.7 Å². The Kier molecular flexibility index (Phi) is 12.8. The van der Waals surface area contributed by atoms with E-state index in [1.807, 2.05) is 0 Å². The van der Waals surface area contributed by atoms with Crippen LogP contribution in [0.25, 0.3) is 33.5 Å². The number of aliphatic hydroxyl groups excluding tert-OH is 1. The number of H-pyrrole nitrogens is 3. The van der Waals surface area contributed by atoms with Crippen LogP contribution in [-0.4, -0.2) is 140 Å². The summed E-state index contributed by atoms with van der Waals surface area (Å²) < 4.78 is 61.8. The van der Waals surface area contributed by atoms with Gasteiger partial charge in [0.25, 0.3) is 16.7 Å². The molecule has 14 N–H and O–H groups in total. The van der Waals surface area contributed by atoms with Crippen molar-refractivity contribution in [3.8, 4) is 0 Å². The normalized spacial score (nSPS) is 27.6. The highest BCUT2D eigenvalue weighted by molar-refractivity contribution is 8.07. The number of nitrogens with one attached hydrogen (secondary N) is 3. The number of imidazole rings is 3. The summed E-state index contributed by atoms with van der Waals surface area (Å²) in [5, 5.41) is 10.9. The molecule has 0 spiro atoms. The fourth-order valence-electron chi connectivity index (χ4n) is 7.67. The lowest BCUT2D eigenvalue weighted by molar-refractivity contribution is -0.0533. The molecule has 6 aromatic heterocycles. The summed E-state index contributed by atoms with van der Waals surface area (Å²) >= 11 is 10.7. The molecule has 37 heteroatoms. The molecule has 0 radical (unpaired) electrons. The summed E-state index contributed by atoms with van der Waals surface area (Å²) in [6.45, 7) is -10.5. The van der Waals surface area contributed by atoms with Crippen LogP contribution in [0.5, 0.6) is 0 Å². The van der Waals surface area contributed by atoms with Gasteiger partial charge in [-0.3, -0.25) is 47.6 Å². The molecule has 0 aromatic carbocycles. The van der Waals surface area contributed by atoms with E-state index >= 15 is 0 Å². The standard InChI is InChI=1S/C30H38N15O17P3S2/c31-28-37-22-19(25(47)40-28)34-7-43(22)16-1-10(46)13(58-16)4-56-64(53,66)62-12-3-18(45-9-36-21-24(45)39-30(33)42-27(21)49)60-15(12)6-57-65(54,67)61-11-2-17(59-14(11)5-55-63(50,51)52)44-8-35-20-23(44)38-29(32)41-26(20)48/h7-18,46H,1-6H2,(H,53,66)(H,54,67)(H2,50,51,52)(H3,31,37,40,47)(H3,32,38,41,48)(H3,33,39,42,49). The van der Waals surface area contributed by atoms with Crippen LogP contribution >= 0.6 is 21.3 Å². The van der Waals surface area contributed by atoms with Gasteiger partial charge in [-0.2, -0.15) is 15.0 Å². The third-order valence-corrected chi connectivity index (χ3v) is 14.3. The lowest BCUT2D eigenvalue weighted by Crippen LogP contribution is -2.31. The average molecular weight is 1040 g/mol. The van der Waals surface area contributed by atoms with E-state index in [9.17, 15) is 43.6 Å². The molecule has 9 rings (SSSR count). The van der Waals surface area contributed by atoms with Gasteiger partial charge in [0.1, 0.15) is 37.0 Å². The number of aromatic nitrogens is 12. The van der Waals surface area contributed by atoms with Crippen molar-refractivity contribution in [2.24, 2.45) is 0 Å².